The van der Waals surface area contributed by atoms with E-state index in [2.05, 4.69) is 4.98 Å². The molecular formula is C16H19N3O3. The molecule has 3 rings (SSSR count). The number of nitrogens with one attached hydrogen (secondary N) is 1. The van der Waals surface area contributed by atoms with Crippen LogP contribution in [0.4, 0.5) is 0 Å². The van der Waals surface area contributed by atoms with Gasteiger partial charge in [0.05, 0.1) is 0 Å². The smallest absolute Gasteiger partial charge is 0.325 e. The number of hydrogen-bond donors (Lipinski definition) is 2. The first-order chi connectivity index (χ1) is 10.6. The van der Waals surface area contributed by atoms with Crippen molar-refractivity contribution in [1.82, 2.24) is 14.8 Å². The van der Waals surface area contributed by atoms with E-state index in [1.165, 1.54) is 0 Å². The molecule has 6 heteroatoms. The van der Waals surface area contributed by atoms with E-state index in [1.54, 1.807) is 4.90 Å². The standard InChI is InChI=1S/C16H19N3O3/c1-11-14(12-4-2-3-5-13(12)17-11)15(16(21)22)19-8-6-18(10-20)7-9-19/h2-5,10,15,17H,6-9H2,1H3,(H,21,22)/t15-/m0/s1. The highest BCUT2D eigenvalue weighted by Gasteiger charge is 2.33. The number of amides is 1. The molecule has 0 unspecified atom stereocenters. The third kappa shape index (κ3) is 2.46. The van der Waals surface area contributed by atoms with Crippen LogP contribution in [0.5, 0.6) is 0 Å². The van der Waals surface area contributed by atoms with Gasteiger partial charge in [0, 0.05) is 48.3 Å². The summed E-state index contributed by atoms with van der Waals surface area (Å²) in [7, 11) is 0. The lowest BCUT2D eigenvalue weighted by Gasteiger charge is -2.36. The number of aromatic amines is 1. The van der Waals surface area contributed by atoms with Gasteiger partial charge in [-0.25, -0.2) is 0 Å². The zero-order valence-corrected chi connectivity index (χ0v) is 12.5. The predicted octanol–water partition coefficient (Wildman–Crippen LogP) is 1.38. The molecule has 1 atom stereocenters. The van der Waals surface area contributed by atoms with E-state index in [4.69, 9.17) is 0 Å². The fraction of sp³-hybridized carbons (Fsp3) is 0.375. The topological polar surface area (TPSA) is 76.6 Å². The van der Waals surface area contributed by atoms with Gasteiger partial charge in [-0.3, -0.25) is 14.5 Å². The Morgan fingerprint density at radius 2 is 1.95 bits per heavy atom. The number of para-hydroxylation sites is 1. The van der Waals surface area contributed by atoms with Crippen molar-refractivity contribution in [3.05, 3.63) is 35.5 Å². The second-order valence-electron chi connectivity index (χ2n) is 5.63. The average Bonchev–Trinajstić information content (AvgIpc) is 2.84. The summed E-state index contributed by atoms with van der Waals surface area (Å²) in [4.78, 5) is 29.6. The Balaban J connectivity index is 1.99. The van der Waals surface area contributed by atoms with Crippen LogP contribution < -0.4 is 0 Å². The maximum atomic E-state index is 11.9. The molecule has 0 radical (unpaired) electrons. The van der Waals surface area contributed by atoms with Crippen molar-refractivity contribution in [2.75, 3.05) is 26.2 Å². The highest BCUT2D eigenvalue weighted by Crippen LogP contribution is 2.32. The third-order valence-corrected chi connectivity index (χ3v) is 4.31. The first-order valence-electron chi connectivity index (χ1n) is 7.35. The van der Waals surface area contributed by atoms with Gasteiger partial charge in [-0.1, -0.05) is 18.2 Å². The Hall–Kier alpha value is -2.34. The quantitative estimate of drug-likeness (QED) is 0.836. The molecule has 2 aromatic rings. The Kier molecular flexibility index (Phi) is 3.85. The predicted molar refractivity (Wildman–Crippen MR) is 82.6 cm³/mol. The molecule has 2 N–H and O–H groups in total. The van der Waals surface area contributed by atoms with Crippen molar-refractivity contribution in [2.45, 2.75) is 13.0 Å². The summed E-state index contributed by atoms with van der Waals surface area (Å²) < 4.78 is 0. The third-order valence-electron chi connectivity index (χ3n) is 4.31. The molecule has 1 amide bonds. The second kappa shape index (κ2) is 5.81. The van der Waals surface area contributed by atoms with Crippen molar-refractivity contribution in [3.63, 3.8) is 0 Å². The lowest BCUT2D eigenvalue weighted by atomic mass is 10.0. The van der Waals surface area contributed by atoms with Gasteiger partial charge < -0.3 is 15.0 Å². The molecule has 116 valence electrons. The van der Waals surface area contributed by atoms with Gasteiger partial charge in [0.1, 0.15) is 6.04 Å². The minimum absolute atomic E-state index is 0.564. The monoisotopic (exact) mass is 301 g/mol. The number of nitrogens with zero attached hydrogens (tertiary/aromatic N) is 2. The molecule has 6 nitrogen and oxygen atoms in total. The van der Waals surface area contributed by atoms with E-state index in [-0.39, 0.29) is 0 Å². The summed E-state index contributed by atoms with van der Waals surface area (Å²) in [6.07, 6.45) is 0.823. The van der Waals surface area contributed by atoms with Crippen LogP contribution in [0.15, 0.2) is 24.3 Å². The summed E-state index contributed by atoms with van der Waals surface area (Å²) in [5, 5.41) is 10.7. The number of carbonyl (C=O) groups excluding carboxylic acids is 1. The van der Waals surface area contributed by atoms with E-state index in [9.17, 15) is 14.7 Å². The van der Waals surface area contributed by atoms with Gasteiger partial charge in [0.2, 0.25) is 6.41 Å². The molecule has 1 fully saturated rings. The maximum Gasteiger partial charge on any atom is 0.325 e. The van der Waals surface area contributed by atoms with Crippen LogP contribution in [-0.2, 0) is 9.59 Å². The number of fused-ring (bicyclic) bond motifs is 1. The Labute approximate surface area is 128 Å². The number of piperazine rings is 1. The number of carboxylic acid groups (broad SMARTS) is 1. The van der Waals surface area contributed by atoms with E-state index in [1.807, 2.05) is 36.1 Å². The van der Waals surface area contributed by atoms with Crippen LogP contribution in [0, 0.1) is 6.92 Å². The number of aromatic nitrogens is 1. The molecule has 0 saturated carbocycles. The highest BCUT2D eigenvalue weighted by molar-refractivity contribution is 5.90. The van der Waals surface area contributed by atoms with Gasteiger partial charge in [0.25, 0.3) is 0 Å². The van der Waals surface area contributed by atoms with Gasteiger partial charge in [-0.05, 0) is 13.0 Å². The van der Waals surface area contributed by atoms with Crippen LogP contribution >= 0.6 is 0 Å². The van der Waals surface area contributed by atoms with E-state index in [0.717, 1.165) is 28.6 Å². The number of rotatable bonds is 4. The molecule has 1 aromatic heterocycles. The Bertz CT molecular complexity index is 702. The Morgan fingerprint density at radius 3 is 2.59 bits per heavy atom. The fourth-order valence-corrected chi connectivity index (χ4v) is 3.21. The van der Waals surface area contributed by atoms with E-state index in [0.29, 0.717) is 26.2 Å². The van der Waals surface area contributed by atoms with Crippen molar-refractivity contribution < 1.29 is 14.7 Å². The number of hydrogen-bond acceptors (Lipinski definition) is 3. The molecule has 1 saturated heterocycles. The SMILES string of the molecule is Cc1[nH]c2ccccc2c1[C@@H](C(=O)O)N1CCN(C=O)CC1. The molecule has 0 spiro atoms. The number of benzene rings is 1. The van der Waals surface area contributed by atoms with Crippen LogP contribution in [0.25, 0.3) is 10.9 Å². The summed E-state index contributed by atoms with van der Waals surface area (Å²) >= 11 is 0. The summed E-state index contributed by atoms with van der Waals surface area (Å²) in [5.41, 5.74) is 2.65. The maximum absolute atomic E-state index is 11.9. The number of carboxylic acids is 1. The zero-order valence-electron chi connectivity index (χ0n) is 12.5. The first kappa shape index (κ1) is 14.6. The van der Waals surface area contributed by atoms with E-state index < -0.39 is 12.0 Å². The molecule has 1 aromatic carbocycles. The van der Waals surface area contributed by atoms with Gasteiger partial charge in [0.15, 0.2) is 0 Å². The molecule has 0 bridgehead atoms. The van der Waals surface area contributed by atoms with Crippen molar-refractivity contribution in [1.29, 1.82) is 0 Å². The molecule has 2 heterocycles. The lowest BCUT2D eigenvalue weighted by molar-refractivity contribution is -0.144. The summed E-state index contributed by atoms with van der Waals surface area (Å²) in [5.74, 6) is -0.854. The largest absolute Gasteiger partial charge is 0.480 e. The van der Waals surface area contributed by atoms with Crippen LogP contribution in [0.2, 0.25) is 0 Å². The van der Waals surface area contributed by atoms with Gasteiger partial charge in [-0.2, -0.15) is 0 Å². The number of aliphatic carboxylic acids is 1. The average molecular weight is 301 g/mol. The zero-order chi connectivity index (χ0) is 15.7. The molecule has 0 aliphatic carbocycles. The minimum Gasteiger partial charge on any atom is -0.480 e. The molecule has 22 heavy (non-hydrogen) atoms. The van der Waals surface area contributed by atoms with Crippen molar-refractivity contribution in [3.8, 4) is 0 Å². The lowest BCUT2D eigenvalue weighted by Crippen LogP contribution is -2.48. The molecule has 1 aliphatic heterocycles. The molecule has 1 aliphatic rings. The van der Waals surface area contributed by atoms with Crippen molar-refractivity contribution in [2.24, 2.45) is 0 Å². The van der Waals surface area contributed by atoms with Crippen LogP contribution in [0.1, 0.15) is 17.3 Å². The Morgan fingerprint density at radius 1 is 1.27 bits per heavy atom. The summed E-state index contributed by atoms with van der Waals surface area (Å²) in [6.45, 7) is 4.17. The van der Waals surface area contributed by atoms with Crippen LogP contribution in [-0.4, -0.2) is 58.4 Å². The van der Waals surface area contributed by atoms with Gasteiger partial charge >= 0.3 is 5.97 Å². The van der Waals surface area contributed by atoms with Gasteiger partial charge in [-0.15, -0.1) is 0 Å². The second-order valence-corrected chi connectivity index (χ2v) is 5.63. The minimum atomic E-state index is -0.854. The number of aryl methyl sites for hydroxylation is 1. The highest BCUT2D eigenvalue weighted by atomic mass is 16.4. The normalized spacial score (nSPS) is 17.6. The van der Waals surface area contributed by atoms with Crippen LogP contribution in [0.3, 0.4) is 0 Å². The molecular weight excluding hydrogens is 282 g/mol. The number of H-pyrrole nitrogens is 1. The fourth-order valence-electron chi connectivity index (χ4n) is 3.21. The number of carbonyl (C=O) groups is 2. The first-order valence-corrected chi connectivity index (χ1v) is 7.35. The van der Waals surface area contributed by atoms with E-state index >= 15 is 0 Å². The van der Waals surface area contributed by atoms with Crippen molar-refractivity contribution >= 4 is 23.3 Å². The summed E-state index contributed by atoms with van der Waals surface area (Å²) in [6, 6.07) is 7.06.